The lowest BCUT2D eigenvalue weighted by molar-refractivity contribution is -0.000636. The van der Waals surface area contributed by atoms with E-state index in [4.69, 9.17) is 37.4 Å². The van der Waals surface area contributed by atoms with Gasteiger partial charge in [0.15, 0.2) is 11.5 Å². The number of halogens is 2. The average Bonchev–Trinajstić information content (AvgIpc) is 3.06. The maximum Gasteiger partial charge on any atom is 0.160 e. The highest BCUT2D eigenvalue weighted by molar-refractivity contribution is 6.42. The second kappa shape index (κ2) is 11.7. The van der Waals surface area contributed by atoms with Crippen LogP contribution < -0.4 is 5.32 Å². The highest BCUT2D eigenvalue weighted by Crippen LogP contribution is 2.33. The maximum atomic E-state index is 6.28. The predicted octanol–water partition coefficient (Wildman–Crippen LogP) is 5.15. The fraction of sp³-hybridized carbons (Fsp3) is 0.500. The highest BCUT2D eigenvalue weighted by atomic mass is 35.5. The molecule has 2 atom stereocenters. The van der Waals surface area contributed by atoms with E-state index in [1.54, 1.807) is 25.6 Å². The number of aliphatic imine (C=N–C) groups is 1. The number of rotatable bonds is 8. The zero-order valence-electron chi connectivity index (χ0n) is 20.8. The summed E-state index contributed by atoms with van der Waals surface area (Å²) in [6, 6.07) is 5.35. The van der Waals surface area contributed by atoms with E-state index in [2.05, 4.69) is 35.1 Å². The van der Waals surface area contributed by atoms with Crippen molar-refractivity contribution in [1.82, 2.24) is 9.80 Å². The molecule has 190 valence electrons. The Morgan fingerprint density at radius 2 is 2.06 bits per heavy atom. The fourth-order valence-electron chi connectivity index (χ4n) is 4.48. The molecule has 0 radical (unpaired) electrons. The van der Waals surface area contributed by atoms with Crippen LogP contribution in [0.1, 0.15) is 20.3 Å². The lowest BCUT2D eigenvalue weighted by atomic mass is 9.97. The van der Waals surface area contributed by atoms with Crippen molar-refractivity contribution < 1.29 is 14.2 Å². The Morgan fingerprint density at radius 1 is 1.23 bits per heavy atom. The summed E-state index contributed by atoms with van der Waals surface area (Å²) < 4.78 is 18.1. The number of nitrogens with one attached hydrogen (secondary N) is 1. The summed E-state index contributed by atoms with van der Waals surface area (Å²) in [6.45, 7) is 8.73. The summed E-state index contributed by atoms with van der Waals surface area (Å²) in [4.78, 5) is 9.10. The molecule has 1 aromatic rings. The first-order valence-corrected chi connectivity index (χ1v) is 12.8. The van der Waals surface area contributed by atoms with Crippen LogP contribution in [0.2, 0.25) is 10.0 Å². The third-order valence-electron chi connectivity index (χ3n) is 6.12. The number of hydrogen-bond acceptors (Lipinski definition) is 7. The minimum atomic E-state index is -0.0563. The quantitative estimate of drug-likeness (QED) is 0.511. The molecule has 1 aromatic carbocycles. The monoisotopic (exact) mass is 520 g/mol. The molecule has 0 spiro atoms. The third kappa shape index (κ3) is 6.53. The van der Waals surface area contributed by atoms with Crippen LogP contribution in [-0.4, -0.2) is 75.3 Å². The van der Waals surface area contributed by atoms with Crippen molar-refractivity contribution in [3.05, 3.63) is 63.3 Å². The summed E-state index contributed by atoms with van der Waals surface area (Å²) in [5.74, 6) is 2.70. The zero-order chi connectivity index (χ0) is 24.9. The predicted molar refractivity (Wildman–Crippen MR) is 142 cm³/mol. The van der Waals surface area contributed by atoms with Gasteiger partial charge in [-0.05, 0) is 42.7 Å². The molecule has 0 amide bonds. The van der Waals surface area contributed by atoms with Gasteiger partial charge in [-0.25, -0.2) is 4.99 Å². The second-order valence-electron chi connectivity index (χ2n) is 9.47. The van der Waals surface area contributed by atoms with E-state index >= 15 is 0 Å². The minimum Gasteiger partial charge on any atom is -0.493 e. The summed E-state index contributed by atoms with van der Waals surface area (Å²) in [7, 11) is 3.64. The molecule has 1 aliphatic carbocycles. The Hall–Kier alpha value is -2.19. The van der Waals surface area contributed by atoms with Gasteiger partial charge >= 0.3 is 0 Å². The molecule has 1 saturated heterocycles. The molecule has 2 aliphatic heterocycles. The van der Waals surface area contributed by atoms with E-state index in [-0.39, 0.29) is 12.1 Å². The molecule has 9 heteroatoms. The van der Waals surface area contributed by atoms with Gasteiger partial charge in [0, 0.05) is 44.5 Å². The van der Waals surface area contributed by atoms with Gasteiger partial charge in [0.2, 0.25) is 0 Å². The van der Waals surface area contributed by atoms with Crippen LogP contribution in [0, 0.1) is 5.92 Å². The molecule has 0 saturated carbocycles. The van der Waals surface area contributed by atoms with Crippen molar-refractivity contribution in [2.75, 3.05) is 52.3 Å². The van der Waals surface area contributed by atoms with Gasteiger partial charge in [-0.2, -0.15) is 0 Å². The van der Waals surface area contributed by atoms with Gasteiger partial charge < -0.3 is 29.3 Å². The molecule has 35 heavy (non-hydrogen) atoms. The summed E-state index contributed by atoms with van der Waals surface area (Å²) in [6.07, 6.45) is 6.91. The lowest BCUT2D eigenvalue weighted by Gasteiger charge is -2.33. The Labute approximate surface area is 218 Å². The van der Waals surface area contributed by atoms with Gasteiger partial charge in [-0.3, -0.25) is 0 Å². The number of hydrogen-bond donors (Lipinski definition) is 1. The number of anilines is 1. The summed E-state index contributed by atoms with van der Waals surface area (Å²) >= 11 is 12.3. The molecule has 7 nitrogen and oxygen atoms in total. The number of methoxy groups -OCH3 is 1. The van der Waals surface area contributed by atoms with Crippen LogP contribution in [0.5, 0.6) is 0 Å². The van der Waals surface area contributed by atoms with Crippen molar-refractivity contribution in [1.29, 1.82) is 0 Å². The van der Waals surface area contributed by atoms with Crippen LogP contribution in [0.4, 0.5) is 5.69 Å². The van der Waals surface area contributed by atoms with E-state index < -0.39 is 0 Å². The van der Waals surface area contributed by atoms with E-state index in [0.717, 1.165) is 43.9 Å². The van der Waals surface area contributed by atoms with Gasteiger partial charge in [0.25, 0.3) is 0 Å². The molecular formula is C26H34Cl2N4O3. The molecule has 3 aliphatic rings. The number of benzene rings is 1. The first-order chi connectivity index (χ1) is 16.8. The Morgan fingerprint density at radius 3 is 2.80 bits per heavy atom. The zero-order valence-corrected chi connectivity index (χ0v) is 22.3. The van der Waals surface area contributed by atoms with E-state index in [9.17, 15) is 0 Å². The van der Waals surface area contributed by atoms with Gasteiger partial charge in [-0.1, -0.05) is 37.0 Å². The normalized spacial score (nSPS) is 23.0. The summed E-state index contributed by atoms with van der Waals surface area (Å²) in [5.41, 5.74) is 1.77. The van der Waals surface area contributed by atoms with Crippen molar-refractivity contribution in [3.63, 3.8) is 0 Å². The Bertz CT molecular complexity index is 1040. The lowest BCUT2D eigenvalue weighted by Crippen LogP contribution is -2.38. The van der Waals surface area contributed by atoms with Crippen molar-refractivity contribution >= 4 is 35.2 Å². The SMILES string of the molecule is COC1=CC2=C(Nc3ccc(Cl)c(Cl)c3)N=CN(C)C2C=C1OCC1CN(CC(C)C)CCCO1. The number of fused-ring (bicyclic) bond motifs is 1. The van der Waals surface area contributed by atoms with Crippen LogP contribution in [0.25, 0.3) is 0 Å². The number of ether oxygens (including phenoxy) is 3. The van der Waals surface area contributed by atoms with E-state index in [1.807, 2.05) is 24.1 Å². The van der Waals surface area contributed by atoms with Crippen molar-refractivity contribution in [2.24, 2.45) is 10.9 Å². The smallest absolute Gasteiger partial charge is 0.160 e. The Balaban J connectivity index is 1.50. The minimum absolute atomic E-state index is 0.0183. The van der Waals surface area contributed by atoms with E-state index in [1.165, 1.54) is 0 Å². The van der Waals surface area contributed by atoms with Crippen LogP contribution >= 0.6 is 23.2 Å². The van der Waals surface area contributed by atoms with Crippen molar-refractivity contribution in [2.45, 2.75) is 32.4 Å². The van der Waals surface area contributed by atoms with Gasteiger partial charge in [-0.15, -0.1) is 0 Å². The second-order valence-corrected chi connectivity index (χ2v) is 10.3. The number of likely N-dealkylation sites (N-methyl/N-ethyl adjacent to an activating group) is 1. The van der Waals surface area contributed by atoms with E-state index in [0.29, 0.717) is 39.9 Å². The Kier molecular flexibility index (Phi) is 8.65. The molecule has 2 heterocycles. The number of nitrogens with zero attached hydrogens (tertiary/aromatic N) is 3. The van der Waals surface area contributed by atoms with Gasteiger partial charge in [0.1, 0.15) is 18.5 Å². The first kappa shape index (κ1) is 25.9. The topological polar surface area (TPSA) is 58.6 Å². The average molecular weight is 521 g/mol. The van der Waals surface area contributed by atoms with Crippen LogP contribution in [0.3, 0.4) is 0 Å². The van der Waals surface area contributed by atoms with Gasteiger partial charge in [0.05, 0.1) is 29.5 Å². The maximum absolute atomic E-state index is 6.28. The molecule has 1 N–H and O–H groups in total. The molecule has 0 aromatic heterocycles. The molecular weight excluding hydrogens is 487 g/mol. The summed E-state index contributed by atoms with van der Waals surface area (Å²) in [5, 5.41) is 4.35. The van der Waals surface area contributed by atoms with Crippen LogP contribution in [0.15, 0.2) is 58.3 Å². The first-order valence-electron chi connectivity index (χ1n) is 12.0. The highest BCUT2D eigenvalue weighted by Gasteiger charge is 2.30. The molecule has 1 fully saturated rings. The molecule has 0 bridgehead atoms. The largest absolute Gasteiger partial charge is 0.493 e. The fourth-order valence-corrected chi connectivity index (χ4v) is 4.78. The van der Waals surface area contributed by atoms with Crippen molar-refractivity contribution in [3.8, 4) is 0 Å². The standard InChI is InChI=1S/C26H34Cl2N4O3/c1-17(2)13-32-8-5-9-34-19(14-32)15-35-25-12-23-20(11-24(25)33-4)26(29-16-31(23)3)30-18-6-7-21(27)22(28)10-18/h6-7,10-12,16-17,19,23,30H,5,8-9,13-15H2,1-4H3. The molecule has 4 rings (SSSR count). The molecule has 2 unspecified atom stereocenters. The third-order valence-corrected chi connectivity index (χ3v) is 6.86. The van der Waals surface area contributed by atoms with Crippen LogP contribution in [-0.2, 0) is 14.2 Å².